The van der Waals surface area contributed by atoms with Crippen LogP contribution < -0.4 is 18.7 Å². The van der Waals surface area contributed by atoms with Gasteiger partial charge in [0.2, 0.25) is 0 Å². The maximum absolute atomic E-state index is 13.3. The van der Waals surface area contributed by atoms with E-state index in [4.69, 9.17) is 14.6 Å². The molecule has 0 atom stereocenters. The monoisotopic (exact) mass is 358 g/mol. The van der Waals surface area contributed by atoms with E-state index in [2.05, 4.69) is 9.97 Å². The van der Waals surface area contributed by atoms with Gasteiger partial charge in [-0.3, -0.25) is 0 Å². The first-order valence-corrected chi connectivity index (χ1v) is 7.42. The van der Waals surface area contributed by atoms with E-state index in [0.29, 0.717) is 20.9 Å². The number of carbonyl (C=O) groups is 1. The number of rotatable bonds is 5. The summed E-state index contributed by atoms with van der Waals surface area (Å²) < 4.78 is 24.1. The predicted molar refractivity (Wildman–Crippen MR) is 73.5 cm³/mol. The molecule has 0 unspecified atom stereocenters. The van der Waals surface area contributed by atoms with Crippen molar-refractivity contribution < 1.29 is 23.8 Å². The Labute approximate surface area is 126 Å². The molecule has 2 rings (SSSR count). The van der Waals surface area contributed by atoms with Crippen molar-refractivity contribution in [1.82, 2.24) is 9.97 Å². The van der Waals surface area contributed by atoms with Crippen molar-refractivity contribution in [2.75, 3.05) is 14.2 Å². The quantitative estimate of drug-likeness (QED) is 0.758. The molecular weight excluding hydrogens is 346 g/mol. The molecule has 1 N–H and O–H groups in total. The average molecular weight is 357 g/mol. The minimum atomic E-state index is -1.12. The Bertz CT molecular complexity index is 659. The molecule has 0 radical (unpaired) electrons. The van der Waals surface area contributed by atoms with Crippen LogP contribution in [0.3, 0.4) is 0 Å². The number of aromatic nitrogens is 2. The fourth-order valence-corrected chi connectivity index (χ4v) is 3.39. The molecule has 0 aliphatic carbocycles. The van der Waals surface area contributed by atoms with E-state index >= 15 is 0 Å². The van der Waals surface area contributed by atoms with Crippen molar-refractivity contribution in [3.63, 3.8) is 0 Å². The van der Waals surface area contributed by atoms with Crippen LogP contribution in [0.2, 0.25) is 0 Å². The Balaban J connectivity index is 2.42. The van der Waals surface area contributed by atoms with Crippen molar-refractivity contribution >= 4 is 30.1 Å². The van der Waals surface area contributed by atoms with Crippen LogP contribution in [0.25, 0.3) is 0 Å². The van der Waals surface area contributed by atoms with E-state index in [1.807, 2.05) is 0 Å². The van der Waals surface area contributed by atoms with E-state index in [1.54, 1.807) is 0 Å². The van der Waals surface area contributed by atoms with Crippen LogP contribution >= 0.6 is 0 Å². The fourth-order valence-electron chi connectivity index (χ4n) is 1.49. The number of carboxylic acid groups (broad SMARTS) is 1. The van der Waals surface area contributed by atoms with Crippen molar-refractivity contribution in [1.29, 1.82) is 0 Å². The number of benzene rings is 1. The minimum absolute atomic E-state index is 0.0294. The standard InChI is InChI=1S/C13H11FN2O4Se/c1-19-10-6-11(20-2)16-13(15-10)21-9-5-7(14)3-4-8(9)12(17)18/h3-6H,1-2H3,(H,17,18). The van der Waals surface area contributed by atoms with Gasteiger partial charge < -0.3 is 0 Å². The normalized spacial score (nSPS) is 10.2. The number of aromatic carboxylic acids is 1. The number of carboxylic acids is 1. The van der Waals surface area contributed by atoms with Gasteiger partial charge in [-0.1, -0.05) is 0 Å². The molecule has 1 heterocycles. The second-order valence-electron chi connectivity index (χ2n) is 3.78. The Morgan fingerprint density at radius 1 is 1.19 bits per heavy atom. The Hall–Kier alpha value is -2.18. The Morgan fingerprint density at radius 2 is 1.81 bits per heavy atom. The van der Waals surface area contributed by atoms with Crippen molar-refractivity contribution in [2.24, 2.45) is 0 Å². The summed E-state index contributed by atoms with van der Waals surface area (Å²) in [6, 6.07) is 5.02. The third kappa shape index (κ3) is 3.68. The average Bonchev–Trinajstić information content (AvgIpc) is 2.46. The van der Waals surface area contributed by atoms with Gasteiger partial charge in [0.05, 0.1) is 0 Å². The van der Waals surface area contributed by atoms with Gasteiger partial charge in [0, 0.05) is 0 Å². The molecule has 0 saturated carbocycles. The zero-order valence-electron chi connectivity index (χ0n) is 11.2. The van der Waals surface area contributed by atoms with Crippen LogP contribution in [0, 0.1) is 5.82 Å². The summed E-state index contributed by atoms with van der Waals surface area (Å²) in [5.41, 5.74) is 0.0294. The Morgan fingerprint density at radius 3 is 2.33 bits per heavy atom. The maximum atomic E-state index is 13.3. The van der Waals surface area contributed by atoms with Gasteiger partial charge in [-0.05, 0) is 0 Å². The second kappa shape index (κ2) is 6.51. The number of methoxy groups -OCH3 is 2. The first-order chi connectivity index (χ1) is 10.0. The van der Waals surface area contributed by atoms with Crippen molar-refractivity contribution in [3.05, 3.63) is 35.6 Å². The van der Waals surface area contributed by atoms with Gasteiger partial charge in [0.1, 0.15) is 0 Å². The number of hydrogen-bond acceptors (Lipinski definition) is 5. The van der Waals surface area contributed by atoms with Crippen molar-refractivity contribution in [2.45, 2.75) is 0 Å². The van der Waals surface area contributed by atoms with Gasteiger partial charge in [-0.25, -0.2) is 0 Å². The van der Waals surface area contributed by atoms with Crippen LogP contribution in [0.15, 0.2) is 24.3 Å². The molecule has 6 nitrogen and oxygen atoms in total. The molecule has 1 aromatic carbocycles. The van der Waals surface area contributed by atoms with Crippen LogP contribution in [-0.4, -0.2) is 50.2 Å². The molecule has 0 fully saturated rings. The third-order valence-electron chi connectivity index (χ3n) is 2.45. The molecule has 0 bridgehead atoms. The summed E-state index contributed by atoms with van der Waals surface area (Å²) in [4.78, 5) is 19.4. The molecular formula is C13H11FN2O4Se. The third-order valence-corrected chi connectivity index (χ3v) is 4.39. The van der Waals surface area contributed by atoms with Gasteiger partial charge in [0.25, 0.3) is 0 Å². The first-order valence-electron chi connectivity index (χ1n) is 5.71. The van der Waals surface area contributed by atoms with Crippen LogP contribution in [0.4, 0.5) is 4.39 Å². The van der Waals surface area contributed by atoms with E-state index in [9.17, 15) is 9.18 Å². The SMILES string of the molecule is COc1cc(OC)nc([Se]c2cc(F)ccc2C(=O)O)n1. The number of hydrogen-bond donors (Lipinski definition) is 1. The predicted octanol–water partition coefficient (Wildman–Crippen LogP) is -0.0139. The van der Waals surface area contributed by atoms with Gasteiger partial charge >= 0.3 is 125 Å². The van der Waals surface area contributed by atoms with Gasteiger partial charge in [0.15, 0.2) is 0 Å². The van der Waals surface area contributed by atoms with Crippen LogP contribution in [0.1, 0.15) is 10.4 Å². The second-order valence-corrected chi connectivity index (χ2v) is 5.90. The molecule has 0 saturated heterocycles. The van der Waals surface area contributed by atoms with E-state index in [0.717, 1.165) is 6.07 Å². The molecule has 8 heteroatoms. The summed E-state index contributed by atoms with van der Waals surface area (Å²) in [6.07, 6.45) is 0. The van der Waals surface area contributed by atoms with E-state index in [-0.39, 0.29) is 5.56 Å². The molecule has 0 amide bonds. The van der Waals surface area contributed by atoms with Crippen LogP contribution in [-0.2, 0) is 0 Å². The van der Waals surface area contributed by atoms with Gasteiger partial charge in [-0.15, -0.1) is 0 Å². The number of nitrogens with zero attached hydrogens (tertiary/aromatic N) is 2. The van der Waals surface area contributed by atoms with Crippen molar-refractivity contribution in [3.8, 4) is 11.8 Å². The zero-order chi connectivity index (χ0) is 15.4. The number of halogens is 1. The fraction of sp³-hybridized carbons (Fsp3) is 0.154. The molecule has 0 aliphatic rings. The summed E-state index contributed by atoms with van der Waals surface area (Å²) in [5, 5.41) is 9.13. The zero-order valence-corrected chi connectivity index (χ0v) is 12.9. The summed E-state index contributed by atoms with van der Waals surface area (Å²) in [6.45, 7) is 0. The van der Waals surface area contributed by atoms with E-state index in [1.165, 1.54) is 32.4 Å². The summed E-state index contributed by atoms with van der Waals surface area (Å²) in [7, 11) is 2.90. The topological polar surface area (TPSA) is 81.5 Å². The van der Waals surface area contributed by atoms with E-state index < -0.39 is 26.7 Å². The summed E-state index contributed by atoms with van der Waals surface area (Å²) >= 11 is -0.600. The van der Waals surface area contributed by atoms with Gasteiger partial charge in [-0.2, -0.15) is 0 Å². The molecule has 2 aromatic rings. The molecule has 0 spiro atoms. The first kappa shape index (κ1) is 15.2. The van der Waals surface area contributed by atoms with Crippen LogP contribution in [0.5, 0.6) is 11.8 Å². The summed E-state index contributed by atoms with van der Waals surface area (Å²) in [5.74, 6) is -1.03. The molecule has 0 aliphatic heterocycles. The molecule has 110 valence electrons. The number of ether oxygens (including phenoxy) is 2. The Kier molecular flexibility index (Phi) is 4.72. The molecule has 1 aromatic heterocycles. The molecule has 21 heavy (non-hydrogen) atoms.